The van der Waals surface area contributed by atoms with Crippen molar-refractivity contribution in [3.05, 3.63) is 10.1 Å². The van der Waals surface area contributed by atoms with Crippen LogP contribution in [0, 0.1) is 10.1 Å². The third kappa shape index (κ3) is 12.0. The summed E-state index contributed by atoms with van der Waals surface area (Å²) in [5, 5.41) is 23.0. The van der Waals surface area contributed by atoms with Crippen molar-refractivity contribution in [2.45, 2.75) is 58.2 Å². The summed E-state index contributed by atoms with van der Waals surface area (Å²) in [5.41, 5.74) is 6.13. The third-order valence-electron chi connectivity index (χ3n) is 2.88. The van der Waals surface area contributed by atoms with E-state index in [1.54, 1.807) is 26.2 Å². The molecule has 6 N–H and O–H groups in total. The van der Waals surface area contributed by atoms with Gasteiger partial charge >= 0.3 is 12.1 Å². The molecule has 0 fully saturated rings. The van der Waals surface area contributed by atoms with Crippen LogP contribution in [-0.2, 0) is 14.3 Å². The Hall–Kier alpha value is -3.12. The van der Waals surface area contributed by atoms with Crippen molar-refractivity contribution < 1.29 is 29.3 Å². The molecule has 13 heteroatoms. The highest BCUT2D eigenvalue weighted by atomic mass is 16.7. The average Bonchev–Trinajstić information content (AvgIpc) is 2.46. The van der Waals surface area contributed by atoms with Crippen molar-refractivity contribution >= 4 is 23.9 Å². The molecule has 0 rings (SSSR count). The number of carbonyl (C=O) groups excluding carboxylic acids is 2. The summed E-state index contributed by atoms with van der Waals surface area (Å²) in [5.74, 6) is -2.38. The number of aliphatic imine (C=N–C) groups is 1. The number of guanidine groups is 1. The van der Waals surface area contributed by atoms with Gasteiger partial charge in [0.05, 0.1) is 0 Å². The number of hydrogen-bond donors (Lipinski definition) is 5. The zero-order valence-corrected chi connectivity index (χ0v) is 15.6. The lowest BCUT2D eigenvalue weighted by Gasteiger charge is -2.22. The summed E-state index contributed by atoms with van der Waals surface area (Å²) in [6.45, 7) is 6.39. The van der Waals surface area contributed by atoms with E-state index < -0.39 is 46.6 Å². The number of carboxylic acid groups (broad SMARTS) is 1. The highest BCUT2D eigenvalue weighted by molar-refractivity contribution is 5.88. The number of aliphatic carboxylic acids is 1. The van der Waals surface area contributed by atoms with Gasteiger partial charge in [-0.3, -0.25) is 4.79 Å². The van der Waals surface area contributed by atoms with E-state index in [2.05, 4.69) is 15.6 Å². The first-order valence-electron chi connectivity index (χ1n) is 8.05. The largest absolute Gasteiger partial charge is 0.480 e. The molecule has 154 valence electrons. The lowest BCUT2D eigenvalue weighted by Crippen LogP contribution is -2.51. The number of nitrogens with one attached hydrogen (secondary N) is 3. The maximum atomic E-state index is 12.0. The van der Waals surface area contributed by atoms with Crippen LogP contribution < -0.4 is 21.8 Å². The van der Waals surface area contributed by atoms with E-state index in [4.69, 9.17) is 10.5 Å². The van der Waals surface area contributed by atoms with Crippen LogP contribution in [-0.4, -0.2) is 58.3 Å². The number of nitro groups is 1. The SMILES string of the molecule is C[C@H](NC(=O)OC(C)(C)C)C(=O)N[C@@H](CCCN=C(N)N[N+](=O)[O-])C(=O)O. The summed E-state index contributed by atoms with van der Waals surface area (Å²) >= 11 is 0. The van der Waals surface area contributed by atoms with Crippen LogP contribution in [0.25, 0.3) is 0 Å². The Morgan fingerprint density at radius 2 is 1.89 bits per heavy atom. The molecule has 0 aliphatic carbocycles. The number of nitrogens with zero attached hydrogens (tertiary/aromatic N) is 2. The standard InChI is InChI=1S/C14H26N6O7/c1-8(17-13(24)27-14(2,3)4)10(21)18-9(11(22)23)6-5-7-16-12(15)19-20(25)26/h8-9H,5-7H2,1-4H3,(H,17,24)(H,18,21)(H,22,23)(H3,15,16,19)/t8-,9-/m0/s1. The van der Waals surface area contributed by atoms with Crippen molar-refractivity contribution in [3.8, 4) is 0 Å². The first kappa shape index (κ1) is 23.9. The van der Waals surface area contributed by atoms with Gasteiger partial charge in [-0.25, -0.2) is 24.7 Å². The Balaban J connectivity index is 4.51. The lowest BCUT2D eigenvalue weighted by molar-refractivity contribution is -0.525. The predicted molar refractivity (Wildman–Crippen MR) is 94.3 cm³/mol. The molecule has 0 heterocycles. The first-order chi connectivity index (χ1) is 12.3. The summed E-state index contributed by atoms with van der Waals surface area (Å²) in [6, 6.07) is -2.24. The van der Waals surface area contributed by atoms with Gasteiger partial charge in [0.15, 0.2) is 5.03 Å². The van der Waals surface area contributed by atoms with Crippen molar-refractivity contribution in [1.29, 1.82) is 0 Å². The lowest BCUT2D eigenvalue weighted by atomic mass is 10.1. The van der Waals surface area contributed by atoms with Gasteiger partial charge in [-0.05, 0) is 40.5 Å². The monoisotopic (exact) mass is 390 g/mol. The Morgan fingerprint density at radius 1 is 1.30 bits per heavy atom. The molecule has 0 saturated heterocycles. The van der Waals surface area contributed by atoms with Gasteiger partial charge < -0.3 is 26.2 Å². The minimum Gasteiger partial charge on any atom is -0.480 e. The van der Waals surface area contributed by atoms with Crippen LogP contribution in [0.3, 0.4) is 0 Å². The molecule has 13 nitrogen and oxygen atoms in total. The zero-order chi connectivity index (χ0) is 21.2. The molecule has 0 aromatic rings. The molecule has 2 amide bonds. The number of alkyl carbamates (subject to hydrolysis) is 1. The molecule has 0 aromatic carbocycles. The highest BCUT2D eigenvalue weighted by Gasteiger charge is 2.25. The molecule has 2 atom stereocenters. The van der Waals surface area contributed by atoms with Gasteiger partial charge in [-0.1, -0.05) is 5.43 Å². The summed E-state index contributed by atoms with van der Waals surface area (Å²) in [6.07, 6.45) is -0.596. The van der Waals surface area contributed by atoms with Crippen LogP contribution in [0.15, 0.2) is 4.99 Å². The van der Waals surface area contributed by atoms with E-state index in [1.165, 1.54) is 6.92 Å². The molecule has 0 saturated carbocycles. The Kier molecular flexibility index (Phi) is 9.53. The minimum atomic E-state index is -1.27. The van der Waals surface area contributed by atoms with Crippen molar-refractivity contribution in [2.75, 3.05) is 6.54 Å². The second-order valence-corrected chi connectivity index (χ2v) is 6.55. The van der Waals surface area contributed by atoms with Gasteiger partial charge in [-0.2, -0.15) is 0 Å². The Labute approximate surface area is 155 Å². The molecule has 0 aromatic heterocycles. The number of hydrogen-bond acceptors (Lipinski definition) is 7. The molecule has 0 aliphatic rings. The van der Waals surface area contributed by atoms with E-state index in [0.29, 0.717) is 0 Å². The van der Waals surface area contributed by atoms with Crippen LogP contribution in [0.1, 0.15) is 40.5 Å². The number of rotatable bonds is 9. The smallest absolute Gasteiger partial charge is 0.408 e. The molecular weight excluding hydrogens is 364 g/mol. The van der Waals surface area contributed by atoms with E-state index in [9.17, 15) is 29.6 Å². The maximum Gasteiger partial charge on any atom is 0.408 e. The van der Waals surface area contributed by atoms with Gasteiger partial charge in [0.1, 0.15) is 17.7 Å². The molecule has 0 bridgehead atoms. The number of hydrazine groups is 1. The van der Waals surface area contributed by atoms with Crippen LogP contribution in [0.5, 0.6) is 0 Å². The molecule has 0 aliphatic heterocycles. The van der Waals surface area contributed by atoms with Crippen molar-refractivity contribution in [2.24, 2.45) is 10.7 Å². The second-order valence-electron chi connectivity index (χ2n) is 6.55. The number of nitrogens with two attached hydrogens (primary N) is 1. The van der Waals surface area contributed by atoms with Gasteiger partial charge in [-0.15, -0.1) is 0 Å². The molecule has 0 spiro atoms. The fraction of sp³-hybridized carbons (Fsp3) is 0.714. The molecule has 27 heavy (non-hydrogen) atoms. The molecule has 0 radical (unpaired) electrons. The fourth-order valence-corrected chi connectivity index (χ4v) is 1.73. The fourth-order valence-electron chi connectivity index (χ4n) is 1.73. The quantitative estimate of drug-likeness (QED) is 0.111. The topological polar surface area (TPSA) is 198 Å². The summed E-state index contributed by atoms with van der Waals surface area (Å²) in [7, 11) is 0. The Bertz CT molecular complexity index is 587. The van der Waals surface area contributed by atoms with Crippen molar-refractivity contribution in [1.82, 2.24) is 16.1 Å². The average molecular weight is 390 g/mol. The maximum absolute atomic E-state index is 12.0. The van der Waals surface area contributed by atoms with Crippen molar-refractivity contribution in [3.63, 3.8) is 0 Å². The number of ether oxygens (including phenoxy) is 1. The van der Waals surface area contributed by atoms with E-state index in [0.717, 1.165) is 0 Å². The molecular formula is C14H26N6O7. The minimum absolute atomic E-state index is 0.00940. The zero-order valence-electron chi connectivity index (χ0n) is 15.6. The van der Waals surface area contributed by atoms with E-state index >= 15 is 0 Å². The summed E-state index contributed by atoms with van der Waals surface area (Å²) < 4.78 is 5.01. The number of carbonyl (C=O) groups is 3. The number of carboxylic acids is 1. The molecule has 0 unspecified atom stereocenters. The van der Waals surface area contributed by atoms with E-state index in [1.807, 2.05) is 0 Å². The summed E-state index contributed by atoms with van der Waals surface area (Å²) in [4.78, 5) is 48.7. The third-order valence-corrected chi connectivity index (χ3v) is 2.88. The van der Waals surface area contributed by atoms with Crippen LogP contribution in [0.2, 0.25) is 0 Å². The van der Waals surface area contributed by atoms with Crippen LogP contribution >= 0.6 is 0 Å². The number of amides is 2. The van der Waals surface area contributed by atoms with Gasteiger partial charge in [0, 0.05) is 6.54 Å². The highest BCUT2D eigenvalue weighted by Crippen LogP contribution is 2.07. The Morgan fingerprint density at radius 3 is 2.37 bits per heavy atom. The van der Waals surface area contributed by atoms with E-state index in [-0.39, 0.29) is 19.4 Å². The first-order valence-corrected chi connectivity index (χ1v) is 8.05. The van der Waals surface area contributed by atoms with Gasteiger partial charge in [0.2, 0.25) is 5.91 Å². The predicted octanol–water partition coefficient (Wildman–Crippen LogP) is -0.655. The second kappa shape index (κ2) is 10.8. The normalized spacial score (nSPS) is 13.9. The van der Waals surface area contributed by atoms with Gasteiger partial charge in [0.25, 0.3) is 5.96 Å². The van der Waals surface area contributed by atoms with Crippen LogP contribution in [0.4, 0.5) is 4.79 Å².